The van der Waals surface area contributed by atoms with Crippen LogP contribution in [0.2, 0.25) is 0 Å². The number of aromatic nitrogens is 2. The van der Waals surface area contributed by atoms with E-state index in [0.717, 1.165) is 23.4 Å². The smallest absolute Gasteiger partial charge is 0.233 e. The van der Waals surface area contributed by atoms with E-state index in [0.29, 0.717) is 19.1 Å². The Bertz CT molecular complexity index is 567. The molecule has 0 bridgehead atoms. The number of nitrogens with zero attached hydrogens (tertiary/aromatic N) is 2. The van der Waals surface area contributed by atoms with Crippen LogP contribution in [0, 0.1) is 0 Å². The molecule has 130 valence electrons. The Morgan fingerprint density at radius 3 is 2.17 bits per heavy atom. The number of hydrogen-bond acceptors (Lipinski definition) is 4. The summed E-state index contributed by atoms with van der Waals surface area (Å²) in [4.78, 5) is 0. The molecule has 2 rings (SSSR count). The monoisotopic (exact) mass is 328 g/mol. The van der Waals surface area contributed by atoms with Gasteiger partial charge in [0, 0.05) is 11.6 Å². The van der Waals surface area contributed by atoms with Gasteiger partial charge in [-0.2, -0.15) is 0 Å². The predicted molar refractivity (Wildman–Crippen MR) is 97.5 cm³/mol. The van der Waals surface area contributed by atoms with Crippen LogP contribution in [0.15, 0.2) is 36.4 Å². The summed E-state index contributed by atoms with van der Waals surface area (Å²) in [6.45, 7) is 5.59. The molecule has 0 aliphatic rings. The van der Waals surface area contributed by atoms with Crippen LogP contribution < -0.4 is 9.47 Å². The maximum Gasteiger partial charge on any atom is 0.233 e. The highest BCUT2D eigenvalue weighted by molar-refractivity contribution is 5.59. The molecule has 0 N–H and O–H groups in total. The largest absolute Gasteiger partial charge is 0.494 e. The van der Waals surface area contributed by atoms with Gasteiger partial charge in [-0.25, -0.2) is 0 Å². The first-order chi connectivity index (χ1) is 11.8. The molecular formula is C20H28N2O2. The van der Waals surface area contributed by atoms with Crippen molar-refractivity contribution in [2.45, 2.75) is 52.4 Å². The molecule has 0 aliphatic carbocycles. The van der Waals surface area contributed by atoms with Gasteiger partial charge in [-0.3, -0.25) is 0 Å². The van der Waals surface area contributed by atoms with Crippen molar-refractivity contribution >= 4 is 0 Å². The van der Waals surface area contributed by atoms with Gasteiger partial charge < -0.3 is 9.47 Å². The SMILES string of the molecule is CCCCCCCCOc1ccc(-c2ccc(OCC)cc2)nn1. The Hall–Kier alpha value is -2.10. The standard InChI is InChI=1S/C20H28N2O2/c1-3-5-6-7-8-9-16-24-20-15-14-19(21-22-20)17-10-12-18(13-11-17)23-4-2/h10-15H,3-9,16H2,1-2H3. The average Bonchev–Trinajstić information content (AvgIpc) is 2.62. The zero-order chi connectivity index (χ0) is 17.0. The van der Waals surface area contributed by atoms with Crippen molar-refractivity contribution in [3.05, 3.63) is 36.4 Å². The van der Waals surface area contributed by atoms with Crippen LogP contribution in [0.25, 0.3) is 11.3 Å². The van der Waals surface area contributed by atoms with E-state index < -0.39 is 0 Å². The minimum absolute atomic E-state index is 0.596. The lowest BCUT2D eigenvalue weighted by Gasteiger charge is -2.06. The van der Waals surface area contributed by atoms with Crippen LogP contribution in [0.1, 0.15) is 52.4 Å². The Morgan fingerprint density at radius 2 is 1.50 bits per heavy atom. The predicted octanol–water partition coefficient (Wildman–Crippen LogP) is 5.28. The fraction of sp³-hybridized carbons (Fsp3) is 0.500. The highest BCUT2D eigenvalue weighted by Gasteiger charge is 2.03. The molecule has 1 aromatic heterocycles. The van der Waals surface area contributed by atoms with Crippen molar-refractivity contribution in [2.24, 2.45) is 0 Å². The Kier molecular flexibility index (Phi) is 8.08. The van der Waals surface area contributed by atoms with Crippen LogP contribution >= 0.6 is 0 Å². The summed E-state index contributed by atoms with van der Waals surface area (Å²) in [7, 11) is 0. The van der Waals surface area contributed by atoms with E-state index in [1.807, 2.05) is 43.3 Å². The second kappa shape index (κ2) is 10.6. The second-order valence-electron chi connectivity index (χ2n) is 5.83. The second-order valence-corrected chi connectivity index (χ2v) is 5.83. The molecule has 1 aromatic carbocycles. The fourth-order valence-electron chi connectivity index (χ4n) is 2.50. The number of unbranched alkanes of at least 4 members (excludes halogenated alkanes) is 5. The summed E-state index contributed by atoms with van der Waals surface area (Å²) in [5.41, 5.74) is 1.86. The minimum atomic E-state index is 0.596. The molecule has 0 spiro atoms. The van der Waals surface area contributed by atoms with Crippen molar-refractivity contribution in [1.29, 1.82) is 0 Å². The molecule has 1 heterocycles. The number of hydrogen-bond donors (Lipinski definition) is 0. The van der Waals surface area contributed by atoms with Gasteiger partial charge in [-0.15, -0.1) is 10.2 Å². The number of rotatable bonds is 11. The summed E-state index contributed by atoms with van der Waals surface area (Å²) in [5, 5.41) is 8.41. The summed E-state index contributed by atoms with van der Waals surface area (Å²) in [5.74, 6) is 1.46. The van der Waals surface area contributed by atoms with E-state index in [2.05, 4.69) is 17.1 Å². The normalized spacial score (nSPS) is 10.6. The van der Waals surface area contributed by atoms with Crippen LogP contribution in [0.4, 0.5) is 0 Å². The molecule has 0 unspecified atom stereocenters. The molecule has 0 aliphatic heterocycles. The fourth-order valence-corrected chi connectivity index (χ4v) is 2.50. The molecular weight excluding hydrogens is 300 g/mol. The first-order valence-corrected chi connectivity index (χ1v) is 9.03. The Balaban J connectivity index is 1.76. The van der Waals surface area contributed by atoms with Crippen molar-refractivity contribution in [2.75, 3.05) is 13.2 Å². The average molecular weight is 328 g/mol. The van der Waals surface area contributed by atoms with Gasteiger partial charge in [-0.05, 0) is 43.7 Å². The van der Waals surface area contributed by atoms with Gasteiger partial charge in [0.15, 0.2) is 0 Å². The van der Waals surface area contributed by atoms with E-state index in [-0.39, 0.29) is 0 Å². The third-order valence-corrected chi connectivity index (χ3v) is 3.85. The molecule has 0 atom stereocenters. The van der Waals surface area contributed by atoms with Crippen molar-refractivity contribution in [1.82, 2.24) is 10.2 Å². The Labute approximate surface area is 145 Å². The molecule has 2 aromatic rings. The zero-order valence-electron chi connectivity index (χ0n) is 14.8. The molecule has 24 heavy (non-hydrogen) atoms. The summed E-state index contributed by atoms with van der Waals surface area (Å²) in [6.07, 6.45) is 7.53. The van der Waals surface area contributed by atoms with E-state index >= 15 is 0 Å². The quantitative estimate of drug-likeness (QED) is 0.526. The van der Waals surface area contributed by atoms with Crippen LogP contribution in [-0.4, -0.2) is 23.4 Å². The third-order valence-electron chi connectivity index (χ3n) is 3.85. The maximum absolute atomic E-state index is 5.66. The molecule has 0 saturated heterocycles. The summed E-state index contributed by atoms with van der Waals surface area (Å²) in [6, 6.07) is 11.7. The van der Waals surface area contributed by atoms with Gasteiger partial charge in [0.25, 0.3) is 0 Å². The molecule has 0 saturated carbocycles. The summed E-state index contributed by atoms with van der Waals surface area (Å²) >= 11 is 0. The third kappa shape index (κ3) is 6.19. The van der Waals surface area contributed by atoms with E-state index in [1.54, 1.807) is 0 Å². The zero-order valence-corrected chi connectivity index (χ0v) is 14.8. The highest BCUT2D eigenvalue weighted by atomic mass is 16.5. The first-order valence-electron chi connectivity index (χ1n) is 9.03. The maximum atomic E-state index is 5.66. The number of benzene rings is 1. The lowest BCUT2D eigenvalue weighted by Crippen LogP contribution is -2.00. The summed E-state index contributed by atoms with van der Waals surface area (Å²) < 4.78 is 11.1. The topological polar surface area (TPSA) is 44.2 Å². The van der Waals surface area contributed by atoms with Gasteiger partial charge in [0.1, 0.15) is 5.75 Å². The lowest BCUT2D eigenvalue weighted by molar-refractivity contribution is 0.290. The van der Waals surface area contributed by atoms with Gasteiger partial charge in [0.05, 0.1) is 18.9 Å². The van der Waals surface area contributed by atoms with E-state index in [4.69, 9.17) is 9.47 Å². The molecule has 0 amide bonds. The number of ether oxygens (including phenoxy) is 2. The van der Waals surface area contributed by atoms with Crippen LogP contribution in [0.5, 0.6) is 11.6 Å². The first kappa shape index (κ1) is 18.2. The highest BCUT2D eigenvalue weighted by Crippen LogP contribution is 2.21. The van der Waals surface area contributed by atoms with Crippen LogP contribution in [0.3, 0.4) is 0 Å². The van der Waals surface area contributed by atoms with Gasteiger partial charge in [-0.1, -0.05) is 39.0 Å². The van der Waals surface area contributed by atoms with Crippen molar-refractivity contribution in [3.8, 4) is 22.9 Å². The lowest BCUT2D eigenvalue weighted by atomic mass is 10.1. The van der Waals surface area contributed by atoms with Crippen molar-refractivity contribution in [3.63, 3.8) is 0 Å². The van der Waals surface area contributed by atoms with E-state index in [1.165, 1.54) is 32.1 Å². The molecule has 4 heteroatoms. The van der Waals surface area contributed by atoms with E-state index in [9.17, 15) is 0 Å². The van der Waals surface area contributed by atoms with Gasteiger partial charge >= 0.3 is 0 Å². The molecule has 4 nitrogen and oxygen atoms in total. The minimum Gasteiger partial charge on any atom is -0.494 e. The van der Waals surface area contributed by atoms with Crippen LogP contribution in [-0.2, 0) is 0 Å². The Morgan fingerprint density at radius 1 is 0.750 bits per heavy atom. The van der Waals surface area contributed by atoms with Crippen molar-refractivity contribution < 1.29 is 9.47 Å². The van der Waals surface area contributed by atoms with Gasteiger partial charge in [0.2, 0.25) is 5.88 Å². The molecule has 0 fully saturated rings. The molecule has 0 radical (unpaired) electrons.